The first-order valence-corrected chi connectivity index (χ1v) is 8.31. The predicted molar refractivity (Wildman–Crippen MR) is 102 cm³/mol. The number of rotatable bonds is 2. The van der Waals surface area contributed by atoms with Crippen molar-refractivity contribution in [3.8, 4) is 11.3 Å². The molecule has 3 heterocycles. The van der Waals surface area contributed by atoms with Crippen LogP contribution in [0.5, 0.6) is 0 Å². The Morgan fingerprint density at radius 1 is 1.20 bits per heavy atom. The number of para-hydroxylation sites is 1. The summed E-state index contributed by atoms with van der Waals surface area (Å²) in [6, 6.07) is 11.5. The van der Waals surface area contributed by atoms with E-state index in [2.05, 4.69) is 4.98 Å². The first kappa shape index (κ1) is 11.8. The van der Waals surface area contributed by atoms with Crippen LogP contribution in [0.1, 0.15) is 42.1 Å². The van der Waals surface area contributed by atoms with Crippen LogP contribution in [0.3, 0.4) is 0 Å². The SMILES string of the molecule is [2H]C([2H])([2H])C([2H])(C)c1nc(C)c(-c2ccc(C)c[n+]2C)c2oc3ccccc3c12. The third-order valence-electron chi connectivity index (χ3n) is 4.59. The van der Waals surface area contributed by atoms with E-state index in [0.717, 1.165) is 22.2 Å². The van der Waals surface area contributed by atoms with Crippen LogP contribution in [0.2, 0.25) is 0 Å². The summed E-state index contributed by atoms with van der Waals surface area (Å²) in [4.78, 5) is 4.68. The van der Waals surface area contributed by atoms with Crippen molar-refractivity contribution in [2.24, 2.45) is 7.05 Å². The van der Waals surface area contributed by atoms with Gasteiger partial charge in [0.15, 0.2) is 11.8 Å². The van der Waals surface area contributed by atoms with Crippen LogP contribution in [0.15, 0.2) is 47.0 Å². The molecule has 4 aromatic rings. The molecular weight excluding hydrogens is 308 g/mol. The fourth-order valence-electron chi connectivity index (χ4n) is 3.48. The number of pyridine rings is 2. The highest BCUT2D eigenvalue weighted by molar-refractivity contribution is 6.10. The van der Waals surface area contributed by atoms with Gasteiger partial charge in [-0.15, -0.1) is 0 Å². The number of nitrogens with zero attached hydrogens (tertiary/aromatic N) is 2. The van der Waals surface area contributed by atoms with E-state index >= 15 is 0 Å². The van der Waals surface area contributed by atoms with Crippen LogP contribution >= 0.6 is 0 Å². The smallest absolute Gasteiger partial charge is 0.217 e. The van der Waals surface area contributed by atoms with Gasteiger partial charge < -0.3 is 4.42 Å². The normalized spacial score (nSPS) is 17.0. The highest BCUT2D eigenvalue weighted by Gasteiger charge is 2.25. The van der Waals surface area contributed by atoms with E-state index < -0.39 is 12.7 Å². The zero-order valence-electron chi connectivity index (χ0n) is 18.8. The molecule has 0 aliphatic heterocycles. The molecule has 0 saturated carbocycles. The number of aromatic nitrogens is 2. The maximum atomic E-state index is 8.69. The minimum atomic E-state index is -2.53. The Morgan fingerprint density at radius 3 is 2.76 bits per heavy atom. The van der Waals surface area contributed by atoms with E-state index in [-0.39, 0.29) is 5.69 Å². The summed E-state index contributed by atoms with van der Waals surface area (Å²) in [6.07, 6.45) is 2.02. The van der Waals surface area contributed by atoms with Gasteiger partial charge in [0.05, 0.1) is 16.8 Å². The van der Waals surface area contributed by atoms with Gasteiger partial charge in [-0.2, -0.15) is 0 Å². The maximum Gasteiger partial charge on any atom is 0.217 e. The molecular formula is C22H23N2O+. The standard InChI is InChI=1S/C22H23N2O/c1-13(2)21-20-16-8-6-7-9-18(16)25-22(20)19(15(4)23-21)17-11-10-14(3)12-24(17)5/h6-13H,1-5H3/q+1/i1D3,13D. The van der Waals surface area contributed by atoms with Gasteiger partial charge in [-0.3, -0.25) is 4.98 Å². The Kier molecular flexibility index (Phi) is 2.69. The lowest BCUT2D eigenvalue weighted by Gasteiger charge is -2.11. The summed E-state index contributed by atoms with van der Waals surface area (Å²) in [5.41, 5.74) is 4.91. The minimum absolute atomic E-state index is 0.216. The van der Waals surface area contributed by atoms with Crippen LogP contribution in [0.25, 0.3) is 33.2 Å². The minimum Gasteiger partial charge on any atom is -0.455 e. The first-order valence-electron chi connectivity index (χ1n) is 10.3. The molecule has 3 nitrogen and oxygen atoms in total. The van der Waals surface area contributed by atoms with Crippen molar-refractivity contribution in [3.05, 3.63) is 59.5 Å². The van der Waals surface area contributed by atoms with Crippen LogP contribution in [-0.4, -0.2) is 4.98 Å². The van der Waals surface area contributed by atoms with Gasteiger partial charge in [-0.05, 0) is 31.9 Å². The zero-order chi connectivity index (χ0) is 21.1. The number of hydrogen-bond acceptors (Lipinski definition) is 2. The van der Waals surface area contributed by atoms with Crippen molar-refractivity contribution >= 4 is 21.9 Å². The molecule has 3 aromatic heterocycles. The molecule has 126 valence electrons. The number of hydrogen-bond donors (Lipinski definition) is 0. The first-order chi connectivity index (χ1) is 13.5. The Balaban J connectivity index is 2.19. The van der Waals surface area contributed by atoms with Crippen LogP contribution < -0.4 is 4.57 Å². The molecule has 0 amide bonds. The zero-order valence-corrected chi connectivity index (χ0v) is 14.8. The molecule has 0 saturated heterocycles. The van der Waals surface area contributed by atoms with Crippen molar-refractivity contribution in [2.45, 2.75) is 33.5 Å². The molecule has 0 aliphatic rings. The molecule has 1 aromatic carbocycles. The summed E-state index contributed by atoms with van der Waals surface area (Å²) < 4.78 is 40.7. The average molecular weight is 335 g/mol. The number of aryl methyl sites for hydroxylation is 3. The van der Waals surface area contributed by atoms with Gasteiger partial charge in [0.2, 0.25) is 5.69 Å². The summed E-state index contributed by atoms with van der Waals surface area (Å²) in [5, 5.41) is 1.36. The highest BCUT2D eigenvalue weighted by Crippen LogP contribution is 2.39. The summed E-state index contributed by atoms with van der Waals surface area (Å²) in [6.45, 7) is 2.72. The molecule has 0 radical (unpaired) electrons. The van der Waals surface area contributed by atoms with Gasteiger partial charge in [-0.1, -0.05) is 32.0 Å². The molecule has 25 heavy (non-hydrogen) atoms. The van der Waals surface area contributed by atoms with E-state index in [9.17, 15) is 0 Å². The van der Waals surface area contributed by atoms with Crippen molar-refractivity contribution < 1.29 is 14.5 Å². The summed E-state index contributed by atoms with van der Waals surface area (Å²) in [5.74, 6) is -1.88. The fourth-order valence-corrected chi connectivity index (χ4v) is 3.48. The molecule has 0 N–H and O–H groups in total. The number of furan rings is 1. The average Bonchev–Trinajstić information content (AvgIpc) is 3.00. The van der Waals surface area contributed by atoms with Gasteiger partial charge in [0.1, 0.15) is 18.2 Å². The van der Waals surface area contributed by atoms with Crippen LogP contribution in [0.4, 0.5) is 0 Å². The summed E-state index contributed by atoms with van der Waals surface area (Å²) >= 11 is 0. The number of benzene rings is 1. The predicted octanol–water partition coefficient (Wildman–Crippen LogP) is 5.21. The maximum absolute atomic E-state index is 8.69. The van der Waals surface area contributed by atoms with Crippen molar-refractivity contribution in [3.63, 3.8) is 0 Å². The van der Waals surface area contributed by atoms with Crippen LogP contribution in [0, 0.1) is 13.8 Å². The van der Waals surface area contributed by atoms with E-state index in [4.69, 9.17) is 9.90 Å². The molecule has 0 aliphatic carbocycles. The van der Waals surface area contributed by atoms with E-state index in [1.807, 2.05) is 68.1 Å². The molecule has 3 heteroatoms. The number of fused-ring (bicyclic) bond motifs is 3. The fraction of sp³-hybridized carbons (Fsp3) is 0.273. The monoisotopic (exact) mass is 335 g/mol. The Hall–Kier alpha value is -2.68. The Labute approximate surface area is 153 Å². The van der Waals surface area contributed by atoms with E-state index in [1.165, 1.54) is 6.92 Å². The quantitative estimate of drug-likeness (QED) is 0.471. The van der Waals surface area contributed by atoms with Gasteiger partial charge in [0, 0.05) is 22.5 Å². The second kappa shape index (κ2) is 5.69. The lowest BCUT2D eigenvalue weighted by atomic mass is 9.98. The van der Waals surface area contributed by atoms with Crippen molar-refractivity contribution in [2.75, 3.05) is 0 Å². The molecule has 0 spiro atoms. The van der Waals surface area contributed by atoms with Crippen molar-refractivity contribution in [1.29, 1.82) is 0 Å². The van der Waals surface area contributed by atoms with Gasteiger partial charge in [-0.25, -0.2) is 4.57 Å². The third kappa shape index (κ3) is 2.42. The Morgan fingerprint density at radius 2 is 2.00 bits per heavy atom. The third-order valence-corrected chi connectivity index (χ3v) is 4.59. The lowest BCUT2D eigenvalue weighted by Crippen LogP contribution is -2.31. The topological polar surface area (TPSA) is 29.9 Å². The summed E-state index contributed by atoms with van der Waals surface area (Å²) in [7, 11) is 1.96. The van der Waals surface area contributed by atoms with Gasteiger partial charge in [0.25, 0.3) is 0 Å². The largest absolute Gasteiger partial charge is 0.455 e. The molecule has 0 bridgehead atoms. The molecule has 0 fully saturated rings. The van der Waals surface area contributed by atoms with Crippen LogP contribution in [-0.2, 0) is 7.05 Å². The van der Waals surface area contributed by atoms with E-state index in [1.54, 1.807) is 0 Å². The second-order valence-corrected chi connectivity index (χ2v) is 6.55. The highest BCUT2D eigenvalue weighted by atomic mass is 16.3. The molecule has 1 atom stereocenters. The second-order valence-electron chi connectivity index (χ2n) is 6.55. The Bertz CT molecular complexity index is 1260. The molecule has 4 rings (SSSR count). The lowest BCUT2D eigenvalue weighted by molar-refractivity contribution is -0.660. The van der Waals surface area contributed by atoms with Crippen molar-refractivity contribution in [1.82, 2.24) is 4.98 Å². The molecule has 1 unspecified atom stereocenters. The van der Waals surface area contributed by atoms with E-state index in [0.29, 0.717) is 22.2 Å². The van der Waals surface area contributed by atoms with Gasteiger partial charge >= 0.3 is 0 Å².